The van der Waals surface area contributed by atoms with Crippen LogP contribution in [0.5, 0.6) is 11.5 Å². The third kappa shape index (κ3) is 6.59. The lowest BCUT2D eigenvalue weighted by molar-refractivity contribution is -0.134. The molecule has 0 aromatic heterocycles. The fourth-order valence-corrected chi connectivity index (χ4v) is 3.19. The summed E-state index contributed by atoms with van der Waals surface area (Å²) >= 11 is 3.41. The molecule has 2 N–H and O–H groups in total. The van der Waals surface area contributed by atoms with Gasteiger partial charge in [0.1, 0.15) is 11.5 Å². The number of hydrogen-bond donors (Lipinski definition) is 2. The summed E-state index contributed by atoms with van der Waals surface area (Å²) in [4.78, 5) is 24.4. The summed E-state index contributed by atoms with van der Waals surface area (Å²) < 4.78 is 12.2. The van der Waals surface area contributed by atoms with E-state index in [1.807, 2.05) is 80.6 Å². The molecule has 7 heteroatoms. The number of aryl methyl sites for hydroxylation is 1. The second kappa shape index (κ2) is 11.3. The Morgan fingerprint density at radius 1 is 0.906 bits per heavy atom. The van der Waals surface area contributed by atoms with Gasteiger partial charge in [-0.15, -0.1) is 0 Å². The van der Waals surface area contributed by atoms with E-state index in [2.05, 4.69) is 26.8 Å². The number of hydrazine groups is 1. The minimum atomic E-state index is -0.743. The van der Waals surface area contributed by atoms with Crippen molar-refractivity contribution < 1.29 is 19.1 Å². The van der Waals surface area contributed by atoms with Crippen molar-refractivity contribution in [3.63, 3.8) is 0 Å². The van der Waals surface area contributed by atoms with Crippen LogP contribution in [-0.2, 0) is 9.59 Å². The lowest BCUT2D eigenvalue weighted by Gasteiger charge is -2.18. The number of amides is 2. The molecule has 0 bridgehead atoms. The lowest BCUT2D eigenvalue weighted by atomic mass is 10.1. The molecule has 6 nitrogen and oxygen atoms in total. The van der Waals surface area contributed by atoms with Gasteiger partial charge >= 0.3 is 0 Å². The normalized spacial score (nSPS) is 11.3. The van der Waals surface area contributed by atoms with Gasteiger partial charge in [0.25, 0.3) is 11.8 Å². The number of carbonyl (C=O) groups is 2. The molecule has 0 spiro atoms. The third-order valence-corrected chi connectivity index (χ3v) is 5.62. The molecule has 0 heterocycles. The average Bonchev–Trinajstić information content (AvgIpc) is 2.82. The monoisotopic (exact) mass is 496 g/mol. The maximum atomic E-state index is 12.4. The van der Waals surface area contributed by atoms with Crippen molar-refractivity contribution in [2.24, 2.45) is 0 Å². The fraction of sp³-hybridized carbons (Fsp3) is 0.200. The van der Waals surface area contributed by atoms with Gasteiger partial charge in [0.05, 0.1) is 0 Å². The Morgan fingerprint density at radius 2 is 1.56 bits per heavy atom. The van der Waals surface area contributed by atoms with Crippen molar-refractivity contribution in [3.05, 3.63) is 82.8 Å². The summed E-state index contributed by atoms with van der Waals surface area (Å²) in [7, 11) is 0. The Labute approximate surface area is 196 Å². The highest BCUT2D eigenvalue weighted by atomic mass is 79.9. The minimum absolute atomic E-state index is 0.222. The Morgan fingerprint density at radius 3 is 2.22 bits per heavy atom. The van der Waals surface area contributed by atoms with Crippen LogP contribution in [0, 0.1) is 6.92 Å². The highest BCUT2D eigenvalue weighted by Gasteiger charge is 2.19. The van der Waals surface area contributed by atoms with E-state index in [1.165, 1.54) is 0 Å². The summed E-state index contributed by atoms with van der Waals surface area (Å²) in [6.45, 7) is 3.54. The van der Waals surface area contributed by atoms with E-state index in [0.29, 0.717) is 17.9 Å². The van der Waals surface area contributed by atoms with Gasteiger partial charge in [-0.1, -0.05) is 65.3 Å². The molecule has 3 aromatic carbocycles. The zero-order chi connectivity index (χ0) is 22.9. The Kier molecular flexibility index (Phi) is 8.27. The number of nitrogens with one attached hydrogen (secondary N) is 2. The van der Waals surface area contributed by atoms with E-state index in [9.17, 15) is 9.59 Å². The van der Waals surface area contributed by atoms with E-state index in [-0.39, 0.29) is 6.61 Å². The van der Waals surface area contributed by atoms with Crippen molar-refractivity contribution in [1.29, 1.82) is 0 Å². The predicted octanol–water partition coefficient (Wildman–Crippen LogP) is 4.81. The van der Waals surface area contributed by atoms with Crippen LogP contribution < -0.4 is 20.3 Å². The SMILES string of the molecule is CCC(Oc1ccc(-c2ccccc2)cc1)C(=O)NNC(=O)COc1ccc(Br)c(C)c1. The van der Waals surface area contributed by atoms with Crippen LogP contribution in [-0.4, -0.2) is 24.5 Å². The van der Waals surface area contributed by atoms with Crippen molar-refractivity contribution in [2.75, 3.05) is 6.61 Å². The van der Waals surface area contributed by atoms with Gasteiger partial charge in [0.2, 0.25) is 0 Å². The topological polar surface area (TPSA) is 76.7 Å². The molecule has 3 rings (SSSR count). The molecule has 0 radical (unpaired) electrons. The van der Waals surface area contributed by atoms with Gasteiger partial charge in [-0.25, -0.2) is 0 Å². The zero-order valence-electron chi connectivity index (χ0n) is 17.9. The predicted molar refractivity (Wildman–Crippen MR) is 127 cm³/mol. The van der Waals surface area contributed by atoms with Crippen LogP contribution in [0.4, 0.5) is 0 Å². The molecule has 0 aliphatic carbocycles. The van der Waals surface area contributed by atoms with Crippen LogP contribution in [0.25, 0.3) is 11.1 Å². The van der Waals surface area contributed by atoms with Crippen molar-refractivity contribution in [1.82, 2.24) is 10.9 Å². The van der Waals surface area contributed by atoms with Gasteiger partial charge in [-0.05, 0) is 60.4 Å². The first kappa shape index (κ1) is 23.3. The summed E-state index contributed by atoms with van der Waals surface area (Å²) in [6.07, 6.45) is -0.301. The molecular weight excluding hydrogens is 472 g/mol. The number of benzene rings is 3. The zero-order valence-corrected chi connectivity index (χ0v) is 19.5. The molecule has 2 amide bonds. The first-order valence-electron chi connectivity index (χ1n) is 10.3. The number of carbonyl (C=O) groups excluding carboxylic acids is 2. The first-order valence-corrected chi connectivity index (χ1v) is 11.1. The summed E-state index contributed by atoms with van der Waals surface area (Å²) in [6, 6.07) is 23.0. The number of hydrogen-bond acceptors (Lipinski definition) is 4. The maximum absolute atomic E-state index is 12.4. The Hall–Kier alpha value is -3.32. The number of rotatable bonds is 8. The van der Waals surface area contributed by atoms with Crippen molar-refractivity contribution in [2.45, 2.75) is 26.4 Å². The molecular formula is C25H25BrN2O4. The van der Waals surface area contributed by atoms with Gasteiger partial charge in [0, 0.05) is 4.47 Å². The molecule has 0 aliphatic heterocycles. The van der Waals surface area contributed by atoms with Crippen LogP contribution in [0.3, 0.4) is 0 Å². The molecule has 1 unspecified atom stereocenters. The standard InChI is InChI=1S/C25H25BrN2O4/c1-3-23(32-20-11-9-19(10-12-20)18-7-5-4-6-8-18)25(30)28-27-24(29)16-31-21-13-14-22(26)17(2)15-21/h4-15,23H,3,16H2,1-2H3,(H,27,29)(H,28,30). The molecule has 0 fully saturated rings. The van der Waals surface area contributed by atoms with Crippen LogP contribution in [0.2, 0.25) is 0 Å². The van der Waals surface area contributed by atoms with E-state index >= 15 is 0 Å². The van der Waals surface area contributed by atoms with E-state index in [0.717, 1.165) is 21.2 Å². The number of ether oxygens (including phenoxy) is 2. The second-order valence-corrected chi connectivity index (χ2v) is 8.00. The quantitative estimate of drug-likeness (QED) is 0.438. The van der Waals surface area contributed by atoms with Gasteiger partial charge < -0.3 is 9.47 Å². The van der Waals surface area contributed by atoms with Gasteiger partial charge in [-0.3, -0.25) is 20.4 Å². The van der Waals surface area contributed by atoms with Gasteiger partial charge in [-0.2, -0.15) is 0 Å². The van der Waals surface area contributed by atoms with Gasteiger partial charge in [0.15, 0.2) is 12.7 Å². The van der Waals surface area contributed by atoms with Crippen LogP contribution in [0.1, 0.15) is 18.9 Å². The average molecular weight is 497 g/mol. The van der Waals surface area contributed by atoms with Crippen molar-refractivity contribution in [3.8, 4) is 22.6 Å². The van der Waals surface area contributed by atoms with Crippen LogP contribution >= 0.6 is 15.9 Å². The molecule has 3 aromatic rings. The summed E-state index contributed by atoms with van der Waals surface area (Å²) in [5.41, 5.74) is 7.91. The molecule has 32 heavy (non-hydrogen) atoms. The molecule has 1 atom stereocenters. The Bertz CT molecular complexity index is 1060. The van der Waals surface area contributed by atoms with E-state index < -0.39 is 17.9 Å². The summed E-state index contributed by atoms with van der Waals surface area (Å²) in [5.74, 6) is 0.237. The third-order valence-electron chi connectivity index (χ3n) is 4.73. The van der Waals surface area contributed by atoms with Crippen LogP contribution in [0.15, 0.2) is 77.3 Å². The smallest absolute Gasteiger partial charge is 0.279 e. The number of halogens is 1. The highest BCUT2D eigenvalue weighted by Crippen LogP contribution is 2.23. The molecule has 0 saturated heterocycles. The summed E-state index contributed by atoms with van der Waals surface area (Å²) in [5, 5.41) is 0. The second-order valence-electron chi connectivity index (χ2n) is 7.14. The molecule has 0 aliphatic rings. The fourth-order valence-electron chi connectivity index (χ4n) is 2.95. The highest BCUT2D eigenvalue weighted by molar-refractivity contribution is 9.10. The largest absolute Gasteiger partial charge is 0.484 e. The Balaban J connectivity index is 1.47. The van der Waals surface area contributed by atoms with E-state index in [1.54, 1.807) is 6.07 Å². The maximum Gasteiger partial charge on any atom is 0.279 e. The van der Waals surface area contributed by atoms with Crippen molar-refractivity contribution >= 4 is 27.7 Å². The first-order chi connectivity index (χ1) is 15.5. The minimum Gasteiger partial charge on any atom is -0.484 e. The van der Waals surface area contributed by atoms with E-state index in [4.69, 9.17) is 9.47 Å². The molecule has 166 valence electrons. The molecule has 0 saturated carbocycles. The lowest BCUT2D eigenvalue weighted by Crippen LogP contribution is -2.49.